The SMILES string of the molecule is Cc1[nH]nc2c1nc(-c1ccc(C(F)(F)F)cc1)c1ccccc12. The zero-order valence-corrected chi connectivity index (χ0v) is 12.6. The monoisotopic (exact) mass is 327 g/mol. The molecule has 0 saturated carbocycles. The summed E-state index contributed by atoms with van der Waals surface area (Å²) in [5.41, 5.74) is 2.93. The Labute approximate surface area is 135 Å². The van der Waals surface area contributed by atoms with Crippen molar-refractivity contribution in [2.75, 3.05) is 0 Å². The lowest BCUT2D eigenvalue weighted by Gasteiger charge is -2.10. The zero-order valence-electron chi connectivity index (χ0n) is 12.6. The fourth-order valence-electron chi connectivity index (χ4n) is 2.85. The van der Waals surface area contributed by atoms with Crippen LogP contribution < -0.4 is 0 Å². The molecule has 0 spiro atoms. The molecule has 0 aliphatic carbocycles. The first kappa shape index (κ1) is 14.7. The Morgan fingerprint density at radius 1 is 0.875 bits per heavy atom. The molecule has 0 saturated heterocycles. The molecule has 4 rings (SSSR count). The quantitative estimate of drug-likeness (QED) is 0.528. The second kappa shape index (κ2) is 5.06. The number of alkyl halides is 3. The molecular weight excluding hydrogens is 315 g/mol. The van der Waals surface area contributed by atoms with Crippen molar-refractivity contribution in [2.24, 2.45) is 0 Å². The number of benzene rings is 2. The van der Waals surface area contributed by atoms with E-state index in [-0.39, 0.29) is 0 Å². The van der Waals surface area contributed by atoms with Gasteiger partial charge in [0.2, 0.25) is 0 Å². The number of H-pyrrole nitrogens is 1. The molecule has 2 aromatic heterocycles. The molecule has 120 valence electrons. The molecule has 3 nitrogen and oxygen atoms in total. The fourth-order valence-corrected chi connectivity index (χ4v) is 2.85. The van der Waals surface area contributed by atoms with Crippen LogP contribution in [-0.2, 0) is 6.18 Å². The normalized spacial score (nSPS) is 12.2. The zero-order chi connectivity index (χ0) is 16.9. The van der Waals surface area contributed by atoms with E-state index in [2.05, 4.69) is 15.2 Å². The molecule has 2 aromatic carbocycles. The van der Waals surface area contributed by atoms with E-state index in [4.69, 9.17) is 0 Å². The minimum Gasteiger partial charge on any atom is -0.280 e. The number of halogens is 3. The molecule has 24 heavy (non-hydrogen) atoms. The van der Waals surface area contributed by atoms with Crippen LogP contribution >= 0.6 is 0 Å². The lowest BCUT2D eigenvalue weighted by atomic mass is 10.0. The van der Waals surface area contributed by atoms with Gasteiger partial charge in [-0.15, -0.1) is 0 Å². The molecule has 0 amide bonds. The van der Waals surface area contributed by atoms with E-state index >= 15 is 0 Å². The lowest BCUT2D eigenvalue weighted by Crippen LogP contribution is -2.04. The van der Waals surface area contributed by atoms with Gasteiger partial charge >= 0.3 is 6.18 Å². The highest BCUT2D eigenvalue weighted by Crippen LogP contribution is 2.34. The summed E-state index contributed by atoms with van der Waals surface area (Å²) in [7, 11) is 0. The number of hydrogen-bond donors (Lipinski definition) is 1. The second-order valence-electron chi connectivity index (χ2n) is 5.63. The predicted octanol–water partition coefficient (Wildman–Crippen LogP) is 5.11. The number of nitrogens with one attached hydrogen (secondary N) is 1. The standard InChI is InChI=1S/C18H12F3N3/c1-10-15-17(24-23-10)14-5-3-2-4-13(14)16(22-15)11-6-8-12(9-7-11)18(19,20)21/h2-9H,1H3,(H,23,24). The molecule has 0 bridgehead atoms. The topological polar surface area (TPSA) is 41.6 Å². The Kier molecular flexibility index (Phi) is 3.09. The van der Waals surface area contributed by atoms with Crippen molar-refractivity contribution < 1.29 is 13.2 Å². The van der Waals surface area contributed by atoms with Gasteiger partial charge in [-0.05, 0) is 19.1 Å². The van der Waals surface area contributed by atoms with Crippen LogP contribution in [0.15, 0.2) is 48.5 Å². The molecule has 0 atom stereocenters. The van der Waals surface area contributed by atoms with Crippen molar-refractivity contribution in [3.63, 3.8) is 0 Å². The van der Waals surface area contributed by atoms with Crippen LogP contribution in [0, 0.1) is 6.92 Å². The molecular formula is C18H12F3N3. The summed E-state index contributed by atoms with van der Waals surface area (Å²) in [5, 5.41) is 8.98. The maximum Gasteiger partial charge on any atom is 0.416 e. The summed E-state index contributed by atoms with van der Waals surface area (Å²) >= 11 is 0. The Bertz CT molecular complexity index is 1050. The second-order valence-corrected chi connectivity index (χ2v) is 5.63. The van der Waals surface area contributed by atoms with E-state index in [0.717, 1.165) is 39.6 Å². The van der Waals surface area contributed by atoms with Crippen molar-refractivity contribution in [1.82, 2.24) is 15.2 Å². The number of pyridine rings is 1. The van der Waals surface area contributed by atoms with Gasteiger partial charge in [0.05, 0.1) is 17.0 Å². The molecule has 4 aromatic rings. The average Bonchev–Trinajstić information content (AvgIpc) is 2.95. The highest BCUT2D eigenvalue weighted by atomic mass is 19.4. The van der Waals surface area contributed by atoms with E-state index in [9.17, 15) is 13.2 Å². The summed E-state index contributed by atoms with van der Waals surface area (Å²) in [6.45, 7) is 1.87. The minimum atomic E-state index is -4.35. The maximum atomic E-state index is 12.8. The summed E-state index contributed by atoms with van der Waals surface area (Å²) in [4.78, 5) is 4.65. The van der Waals surface area contributed by atoms with Crippen LogP contribution in [0.5, 0.6) is 0 Å². The van der Waals surface area contributed by atoms with Crippen molar-refractivity contribution in [2.45, 2.75) is 13.1 Å². The maximum absolute atomic E-state index is 12.8. The van der Waals surface area contributed by atoms with E-state index < -0.39 is 11.7 Å². The summed E-state index contributed by atoms with van der Waals surface area (Å²) in [6.07, 6.45) is -4.35. The van der Waals surface area contributed by atoms with Crippen LogP contribution in [0.4, 0.5) is 13.2 Å². The van der Waals surface area contributed by atoms with Gasteiger partial charge in [-0.1, -0.05) is 36.4 Å². The largest absolute Gasteiger partial charge is 0.416 e. The van der Waals surface area contributed by atoms with Gasteiger partial charge in [-0.2, -0.15) is 18.3 Å². The van der Waals surface area contributed by atoms with Gasteiger partial charge in [-0.3, -0.25) is 5.10 Å². The highest BCUT2D eigenvalue weighted by Gasteiger charge is 2.30. The number of aromatic amines is 1. The van der Waals surface area contributed by atoms with Crippen LogP contribution in [-0.4, -0.2) is 15.2 Å². The van der Waals surface area contributed by atoms with Crippen molar-refractivity contribution in [3.8, 4) is 11.3 Å². The number of fused-ring (bicyclic) bond motifs is 3. The van der Waals surface area contributed by atoms with Crippen LogP contribution in [0.1, 0.15) is 11.3 Å². The van der Waals surface area contributed by atoms with Gasteiger partial charge in [0.25, 0.3) is 0 Å². The van der Waals surface area contributed by atoms with Crippen molar-refractivity contribution >= 4 is 21.8 Å². The van der Waals surface area contributed by atoms with Crippen molar-refractivity contribution in [1.29, 1.82) is 0 Å². The Morgan fingerprint density at radius 3 is 2.21 bits per heavy atom. The van der Waals surface area contributed by atoms with Gasteiger partial charge in [0.1, 0.15) is 11.0 Å². The number of aromatic nitrogens is 3. The molecule has 0 unspecified atom stereocenters. The molecule has 6 heteroatoms. The van der Waals surface area contributed by atoms with Gasteiger partial charge in [0, 0.05) is 16.3 Å². The third kappa shape index (κ3) is 2.22. The number of hydrogen-bond acceptors (Lipinski definition) is 2. The molecule has 0 aliphatic rings. The summed E-state index contributed by atoms with van der Waals surface area (Å²) in [5.74, 6) is 0. The third-order valence-corrected chi connectivity index (χ3v) is 4.06. The molecule has 0 aliphatic heterocycles. The Morgan fingerprint density at radius 2 is 1.54 bits per heavy atom. The van der Waals surface area contributed by atoms with Gasteiger partial charge < -0.3 is 0 Å². The minimum absolute atomic E-state index is 0.640. The van der Waals surface area contributed by atoms with Crippen LogP contribution in [0.3, 0.4) is 0 Å². The first-order chi connectivity index (χ1) is 11.4. The van der Waals surface area contributed by atoms with Gasteiger partial charge in [0.15, 0.2) is 0 Å². The lowest BCUT2D eigenvalue weighted by molar-refractivity contribution is -0.137. The number of rotatable bonds is 1. The first-order valence-corrected chi connectivity index (χ1v) is 7.36. The molecule has 0 fully saturated rings. The number of aryl methyl sites for hydroxylation is 1. The molecule has 2 heterocycles. The predicted molar refractivity (Wildman–Crippen MR) is 86.6 cm³/mol. The summed E-state index contributed by atoms with van der Waals surface area (Å²) in [6, 6.07) is 12.7. The summed E-state index contributed by atoms with van der Waals surface area (Å²) < 4.78 is 38.3. The van der Waals surface area contributed by atoms with Crippen molar-refractivity contribution in [3.05, 3.63) is 59.8 Å². The smallest absolute Gasteiger partial charge is 0.280 e. The van der Waals surface area contributed by atoms with Gasteiger partial charge in [-0.25, -0.2) is 4.98 Å². The van der Waals surface area contributed by atoms with E-state index in [1.165, 1.54) is 12.1 Å². The third-order valence-electron chi connectivity index (χ3n) is 4.06. The first-order valence-electron chi connectivity index (χ1n) is 7.36. The van der Waals surface area contributed by atoms with E-state index in [1.54, 1.807) is 0 Å². The van der Waals surface area contributed by atoms with E-state index in [0.29, 0.717) is 11.3 Å². The highest BCUT2D eigenvalue weighted by molar-refractivity contribution is 6.09. The molecule has 0 radical (unpaired) electrons. The Balaban J connectivity index is 1.99. The number of nitrogens with zero attached hydrogens (tertiary/aromatic N) is 2. The fraction of sp³-hybridized carbons (Fsp3) is 0.111. The van der Waals surface area contributed by atoms with Crippen LogP contribution in [0.25, 0.3) is 33.1 Å². The van der Waals surface area contributed by atoms with E-state index in [1.807, 2.05) is 31.2 Å². The van der Waals surface area contributed by atoms with Crippen LogP contribution in [0.2, 0.25) is 0 Å². The Hall–Kier alpha value is -2.89. The average molecular weight is 327 g/mol. The molecule has 1 N–H and O–H groups in total.